The van der Waals surface area contributed by atoms with E-state index in [4.69, 9.17) is 0 Å². The number of benzene rings is 1. The number of fused-ring (bicyclic) bond motifs is 1. The van der Waals surface area contributed by atoms with Crippen molar-refractivity contribution >= 4 is 17.3 Å². The van der Waals surface area contributed by atoms with Crippen LogP contribution in [0.25, 0.3) is 0 Å². The molecule has 9 heteroatoms. The maximum atomic E-state index is 12.9. The fourth-order valence-electron chi connectivity index (χ4n) is 3.14. The Morgan fingerprint density at radius 1 is 1.14 bits per heavy atom. The van der Waals surface area contributed by atoms with Gasteiger partial charge < -0.3 is 10.2 Å². The number of alkyl halides is 3. The second-order valence-corrected chi connectivity index (χ2v) is 6.68. The minimum absolute atomic E-state index is 0.0522. The number of anilines is 2. The number of carbonyl (C=O) groups excluding carboxylic acids is 1. The third-order valence-corrected chi connectivity index (χ3v) is 4.57. The predicted molar refractivity (Wildman–Crippen MR) is 100 cm³/mol. The van der Waals surface area contributed by atoms with Gasteiger partial charge in [0.25, 0.3) is 5.91 Å². The van der Waals surface area contributed by atoms with Gasteiger partial charge in [-0.05, 0) is 37.3 Å². The number of rotatable bonds is 3. The van der Waals surface area contributed by atoms with E-state index in [1.165, 1.54) is 18.3 Å². The number of aryl methyl sites for hydroxylation is 1. The molecule has 1 aliphatic heterocycles. The molecule has 0 aliphatic carbocycles. The van der Waals surface area contributed by atoms with Gasteiger partial charge in [0.15, 0.2) is 0 Å². The number of nitrogens with zero attached hydrogens (tertiary/aromatic N) is 4. The summed E-state index contributed by atoms with van der Waals surface area (Å²) in [6, 6.07) is 7.86. The highest BCUT2D eigenvalue weighted by Crippen LogP contribution is 2.31. The SMILES string of the molecule is Cc1ncc2c(n1)CN(c1ccnc(C(=O)Nc3cccc(C(F)(F)F)c3)c1)C2. The number of aromatic nitrogens is 3. The van der Waals surface area contributed by atoms with Gasteiger partial charge in [-0.25, -0.2) is 9.97 Å². The Bertz CT molecular complexity index is 1080. The van der Waals surface area contributed by atoms with Gasteiger partial charge in [0.2, 0.25) is 0 Å². The Hall–Kier alpha value is -3.49. The van der Waals surface area contributed by atoms with Crippen molar-refractivity contribution in [3.63, 3.8) is 0 Å². The minimum atomic E-state index is -4.48. The molecule has 0 spiro atoms. The van der Waals surface area contributed by atoms with Crippen LogP contribution in [0.4, 0.5) is 24.5 Å². The summed E-state index contributed by atoms with van der Waals surface area (Å²) >= 11 is 0. The number of nitrogens with one attached hydrogen (secondary N) is 1. The van der Waals surface area contributed by atoms with E-state index >= 15 is 0 Å². The topological polar surface area (TPSA) is 71.0 Å². The van der Waals surface area contributed by atoms with Crippen molar-refractivity contribution in [3.05, 3.63) is 77.1 Å². The average molecular weight is 399 g/mol. The second-order valence-electron chi connectivity index (χ2n) is 6.68. The van der Waals surface area contributed by atoms with Crippen LogP contribution in [-0.2, 0) is 19.3 Å². The molecule has 148 valence electrons. The van der Waals surface area contributed by atoms with Gasteiger partial charge in [0, 0.05) is 35.9 Å². The van der Waals surface area contributed by atoms with Crippen LogP contribution in [0.2, 0.25) is 0 Å². The van der Waals surface area contributed by atoms with Crippen LogP contribution in [0, 0.1) is 6.92 Å². The number of hydrogen-bond acceptors (Lipinski definition) is 5. The van der Waals surface area contributed by atoms with Gasteiger partial charge in [-0.1, -0.05) is 6.07 Å². The van der Waals surface area contributed by atoms with Crippen molar-refractivity contribution in [2.45, 2.75) is 26.2 Å². The van der Waals surface area contributed by atoms with Crippen molar-refractivity contribution < 1.29 is 18.0 Å². The summed E-state index contributed by atoms with van der Waals surface area (Å²) < 4.78 is 38.6. The molecule has 0 radical (unpaired) electrons. The lowest BCUT2D eigenvalue weighted by Gasteiger charge is -2.17. The lowest BCUT2D eigenvalue weighted by Crippen LogP contribution is -2.18. The van der Waals surface area contributed by atoms with Gasteiger partial charge in [-0.3, -0.25) is 9.78 Å². The van der Waals surface area contributed by atoms with Gasteiger partial charge >= 0.3 is 6.18 Å². The van der Waals surface area contributed by atoms with Crippen LogP contribution < -0.4 is 10.2 Å². The summed E-state index contributed by atoms with van der Waals surface area (Å²) in [6.07, 6.45) is -1.19. The zero-order valence-corrected chi connectivity index (χ0v) is 15.4. The molecule has 6 nitrogen and oxygen atoms in total. The molecule has 2 aromatic heterocycles. The summed E-state index contributed by atoms with van der Waals surface area (Å²) in [5.41, 5.74) is 2.05. The first-order valence-corrected chi connectivity index (χ1v) is 8.80. The normalized spacial score (nSPS) is 13.3. The Kier molecular flexibility index (Phi) is 4.65. The molecule has 4 rings (SSSR count). The molecular formula is C20H16F3N5O. The fraction of sp³-hybridized carbons (Fsp3) is 0.200. The van der Waals surface area contributed by atoms with Gasteiger partial charge in [-0.2, -0.15) is 13.2 Å². The molecule has 3 heterocycles. The summed E-state index contributed by atoms with van der Waals surface area (Å²) in [4.78, 5) is 27.2. The molecular weight excluding hydrogens is 383 g/mol. The van der Waals surface area contributed by atoms with Crippen LogP contribution in [0.3, 0.4) is 0 Å². The molecule has 1 amide bonds. The molecule has 0 atom stereocenters. The van der Waals surface area contributed by atoms with Crippen LogP contribution >= 0.6 is 0 Å². The largest absolute Gasteiger partial charge is 0.416 e. The van der Waals surface area contributed by atoms with E-state index in [1.807, 2.05) is 11.8 Å². The molecule has 29 heavy (non-hydrogen) atoms. The maximum absolute atomic E-state index is 12.9. The van der Waals surface area contributed by atoms with E-state index < -0.39 is 17.6 Å². The fourth-order valence-corrected chi connectivity index (χ4v) is 3.14. The number of halogens is 3. The molecule has 3 aromatic rings. The quantitative estimate of drug-likeness (QED) is 0.722. The second kappa shape index (κ2) is 7.16. The molecule has 0 unspecified atom stereocenters. The van der Waals surface area contributed by atoms with Crippen molar-refractivity contribution in [3.8, 4) is 0 Å². The third kappa shape index (κ3) is 4.03. The van der Waals surface area contributed by atoms with E-state index in [-0.39, 0.29) is 11.4 Å². The van der Waals surface area contributed by atoms with Crippen molar-refractivity contribution in [1.82, 2.24) is 15.0 Å². The molecule has 1 aliphatic rings. The van der Waals surface area contributed by atoms with E-state index in [0.29, 0.717) is 18.9 Å². The monoisotopic (exact) mass is 399 g/mol. The summed E-state index contributed by atoms with van der Waals surface area (Å²) in [5, 5.41) is 2.47. The van der Waals surface area contributed by atoms with E-state index in [2.05, 4.69) is 20.3 Å². The lowest BCUT2D eigenvalue weighted by atomic mass is 10.2. The Morgan fingerprint density at radius 3 is 2.76 bits per heavy atom. The Morgan fingerprint density at radius 2 is 1.97 bits per heavy atom. The van der Waals surface area contributed by atoms with E-state index in [0.717, 1.165) is 29.1 Å². The van der Waals surface area contributed by atoms with Crippen LogP contribution in [0.5, 0.6) is 0 Å². The van der Waals surface area contributed by atoms with Crippen molar-refractivity contribution in [2.24, 2.45) is 0 Å². The first-order valence-electron chi connectivity index (χ1n) is 8.80. The first kappa shape index (κ1) is 18.9. The smallest absolute Gasteiger partial charge is 0.361 e. The van der Waals surface area contributed by atoms with Gasteiger partial charge in [-0.15, -0.1) is 0 Å². The predicted octanol–water partition coefficient (Wildman–Crippen LogP) is 3.97. The Labute approximate surface area is 164 Å². The highest BCUT2D eigenvalue weighted by molar-refractivity contribution is 6.03. The molecule has 0 fully saturated rings. The average Bonchev–Trinajstić information content (AvgIpc) is 3.11. The molecule has 0 bridgehead atoms. The van der Waals surface area contributed by atoms with Gasteiger partial charge in [0.1, 0.15) is 11.5 Å². The van der Waals surface area contributed by atoms with Crippen molar-refractivity contribution in [1.29, 1.82) is 0 Å². The van der Waals surface area contributed by atoms with E-state index in [9.17, 15) is 18.0 Å². The molecule has 0 saturated carbocycles. The zero-order chi connectivity index (χ0) is 20.6. The lowest BCUT2D eigenvalue weighted by molar-refractivity contribution is -0.137. The maximum Gasteiger partial charge on any atom is 0.416 e. The number of amides is 1. The van der Waals surface area contributed by atoms with E-state index in [1.54, 1.807) is 18.3 Å². The third-order valence-electron chi connectivity index (χ3n) is 4.57. The summed E-state index contributed by atoms with van der Waals surface area (Å²) in [6.45, 7) is 3.01. The first-order chi connectivity index (χ1) is 13.8. The number of hydrogen-bond donors (Lipinski definition) is 1. The zero-order valence-electron chi connectivity index (χ0n) is 15.4. The Balaban J connectivity index is 1.51. The van der Waals surface area contributed by atoms with Crippen LogP contribution in [0.15, 0.2) is 48.8 Å². The van der Waals surface area contributed by atoms with Gasteiger partial charge in [0.05, 0.1) is 17.8 Å². The molecule has 1 N–H and O–H groups in total. The minimum Gasteiger partial charge on any atom is -0.361 e. The summed E-state index contributed by atoms with van der Waals surface area (Å²) in [5.74, 6) is 0.111. The highest BCUT2D eigenvalue weighted by Gasteiger charge is 2.30. The van der Waals surface area contributed by atoms with Crippen LogP contribution in [0.1, 0.15) is 33.1 Å². The molecule has 0 saturated heterocycles. The summed E-state index contributed by atoms with van der Waals surface area (Å²) in [7, 11) is 0. The number of pyridine rings is 1. The van der Waals surface area contributed by atoms with Crippen molar-refractivity contribution in [2.75, 3.05) is 10.2 Å². The molecule has 1 aromatic carbocycles. The number of carbonyl (C=O) groups is 1. The van der Waals surface area contributed by atoms with Crippen LogP contribution in [-0.4, -0.2) is 20.9 Å². The standard InChI is InChI=1S/C20H16F3N5O/c1-12-25-9-13-10-28(11-18(13)26-12)16-5-6-24-17(8-16)19(29)27-15-4-2-3-14(7-15)20(21,22)23/h2-9H,10-11H2,1H3,(H,27,29). The highest BCUT2D eigenvalue weighted by atomic mass is 19.4.